The van der Waals surface area contributed by atoms with Crippen LogP contribution in [0.3, 0.4) is 0 Å². The first kappa shape index (κ1) is 17.9. The number of likely N-dealkylation sites (tertiary alicyclic amines) is 1. The number of hydrogen-bond donors (Lipinski definition) is 0. The van der Waals surface area contributed by atoms with Crippen LogP contribution in [0.15, 0.2) is 48.8 Å². The van der Waals surface area contributed by atoms with Crippen LogP contribution in [0.5, 0.6) is 0 Å². The monoisotopic (exact) mass is 393 g/mol. The molecule has 3 aliphatic heterocycles. The lowest BCUT2D eigenvalue weighted by atomic mass is 9.89. The molecule has 0 saturated carbocycles. The Morgan fingerprint density at radius 1 is 1.07 bits per heavy atom. The Balaban J connectivity index is 1.39. The average molecular weight is 393 g/mol. The maximum Gasteiger partial charge on any atom is 0.410 e. The largest absolute Gasteiger partial charge is 0.448 e. The minimum atomic E-state index is -0.401. The zero-order valence-corrected chi connectivity index (χ0v) is 16.1. The van der Waals surface area contributed by atoms with Crippen LogP contribution in [-0.4, -0.2) is 71.1 Å². The SMILES string of the molecule is O=C1OCCN1CC(=O)N1C[C@@H]2CN(c3ncccn3)C[C@@H]2[C@H]1c1ccccc1. The third-order valence-corrected chi connectivity index (χ3v) is 6.13. The Morgan fingerprint density at radius 3 is 2.59 bits per heavy atom. The molecule has 0 radical (unpaired) electrons. The third kappa shape index (κ3) is 3.28. The quantitative estimate of drug-likeness (QED) is 0.785. The highest BCUT2D eigenvalue weighted by molar-refractivity contribution is 5.83. The van der Waals surface area contributed by atoms with Crippen molar-refractivity contribution in [2.75, 3.05) is 44.2 Å². The highest BCUT2D eigenvalue weighted by atomic mass is 16.6. The van der Waals surface area contributed by atoms with Gasteiger partial charge in [0, 0.05) is 43.9 Å². The molecule has 5 rings (SSSR count). The number of cyclic esters (lactones) is 1. The van der Waals surface area contributed by atoms with Crippen molar-refractivity contribution >= 4 is 17.9 Å². The van der Waals surface area contributed by atoms with Gasteiger partial charge in [-0.3, -0.25) is 9.69 Å². The number of amides is 2. The van der Waals surface area contributed by atoms with Gasteiger partial charge < -0.3 is 14.5 Å². The van der Waals surface area contributed by atoms with E-state index in [-0.39, 0.29) is 18.5 Å². The number of hydrogen-bond acceptors (Lipinski definition) is 6. The number of anilines is 1. The zero-order valence-electron chi connectivity index (χ0n) is 16.1. The van der Waals surface area contributed by atoms with Gasteiger partial charge in [-0.05, 0) is 11.6 Å². The zero-order chi connectivity index (χ0) is 19.8. The van der Waals surface area contributed by atoms with E-state index in [1.54, 1.807) is 12.4 Å². The molecular formula is C21H23N5O3. The van der Waals surface area contributed by atoms with Gasteiger partial charge in [-0.2, -0.15) is 0 Å². The van der Waals surface area contributed by atoms with Crippen LogP contribution in [0.2, 0.25) is 0 Å². The highest BCUT2D eigenvalue weighted by Crippen LogP contribution is 2.45. The van der Waals surface area contributed by atoms with E-state index in [2.05, 4.69) is 27.0 Å². The smallest absolute Gasteiger partial charge is 0.410 e. The van der Waals surface area contributed by atoms with Crippen molar-refractivity contribution in [2.24, 2.45) is 11.8 Å². The van der Waals surface area contributed by atoms with E-state index >= 15 is 0 Å². The predicted octanol–water partition coefficient (Wildman–Crippen LogP) is 1.56. The minimum absolute atomic E-state index is 0.0129. The molecule has 3 fully saturated rings. The molecule has 0 N–H and O–H groups in total. The van der Waals surface area contributed by atoms with Gasteiger partial charge in [-0.25, -0.2) is 14.8 Å². The summed E-state index contributed by atoms with van der Waals surface area (Å²) in [5.74, 6) is 1.37. The Hall–Kier alpha value is -3.16. The Morgan fingerprint density at radius 2 is 1.86 bits per heavy atom. The van der Waals surface area contributed by atoms with Gasteiger partial charge in [0.15, 0.2) is 0 Å². The molecule has 2 aromatic rings. The molecule has 3 saturated heterocycles. The Kier molecular flexibility index (Phi) is 4.54. The number of nitrogens with zero attached hydrogens (tertiary/aromatic N) is 5. The van der Waals surface area contributed by atoms with Gasteiger partial charge in [0.1, 0.15) is 13.2 Å². The number of rotatable bonds is 4. The fourth-order valence-corrected chi connectivity index (χ4v) is 4.82. The third-order valence-electron chi connectivity index (χ3n) is 6.13. The molecule has 0 unspecified atom stereocenters. The number of benzene rings is 1. The van der Waals surface area contributed by atoms with Crippen molar-refractivity contribution in [1.82, 2.24) is 19.8 Å². The highest BCUT2D eigenvalue weighted by Gasteiger charge is 2.49. The van der Waals surface area contributed by atoms with Gasteiger partial charge in [-0.15, -0.1) is 0 Å². The Bertz CT molecular complexity index is 894. The summed E-state index contributed by atoms with van der Waals surface area (Å²) in [5, 5.41) is 0. The van der Waals surface area contributed by atoms with Crippen molar-refractivity contribution in [3.8, 4) is 0 Å². The first-order chi connectivity index (χ1) is 14.2. The summed E-state index contributed by atoms with van der Waals surface area (Å²) in [6.07, 6.45) is 3.12. The second-order valence-corrected chi connectivity index (χ2v) is 7.82. The number of carbonyl (C=O) groups is 2. The van der Waals surface area contributed by atoms with E-state index in [4.69, 9.17) is 4.74 Å². The van der Waals surface area contributed by atoms with Crippen molar-refractivity contribution < 1.29 is 14.3 Å². The Labute approximate surface area is 169 Å². The van der Waals surface area contributed by atoms with E-state index in [1.807, 2.05) is 29.2 Å². The van der Waals surface area contributed by atoms with Crippen LogP contribution in [0, 0.1) is 11.8 Å². The van der Waals surface area contributed by atoms with Crippen LogP contribution in [-0.2, 0) is 9.53 Å². The fourth-order valence-electron chi connectivity index (χ4n) is 4.82. The molecule has 1 aromatic carbocycles. The minimum Gasteiger partial charge on any atom is -0.448 e. The second-order valence-electron chi connectivity index (χ2n) is 7.82. The van der Waals surface area contributed by atoms with Crippen molar-refractivity contribution in [2.45, 2.75) is 6.04 Å². The lowest BCUT2D eigenvalue weighted by molar-refractivity contribution is -0.133. The van der Waals surface area contributed by atoms with Crippen LogP contribution < -0.4 is 4.90 Å². The van der Waals surface area contributed by atoms with E-state index in [9.17, 15) is 9.59 Å². The molecule has 0 aliphatic carbocycles. The lowest BCUT2D eigenvalue weighted by Crippen LogP contribution is -2.42. The second kappa shape index (κ2) is 7.35. The molecule has 0 bridgehead atoms. The van der Waals surface area contributed by atoms with Gasteiger partial charge in [0.05, 0.1) is 12.6 Å². The standard InChI is InChI=1S/C21H23N5O3/c27-18(14-24-9-10-29-21(24)28)26-12-16-11-25(20-22-7-4-8-23-20)13-17(16)19(26)15-5-2-1-3-6-15/h1-8,16-17,19H,9-14H2/t16-,17-,19+/m0/s1. The van der Waals surface area contributed by atoms with E-state index in [1.165, 1.54) is 4.90 Å². The molecule has 2 amide bonds. The lowest BCUT2D eigenvalue weighted by Gasteiger charge is -2.31. The molecule has 0 spiro atoms. The van der Waals surface area contributed by atoms with Crippen molar-refractivity contribution in [3.05, 3.63) is 54.4 Å². The molecule has 8 heteroatoms. The van der Waals surface area contributed by atoms with E-state index < -0.39 is 6.09 Å². The van der Waals surface area contributed by atoms with Crippen LogP contribution in [0.1, 0.15) is 11.6 Å². The normalized spacial score (nSPS) is 26.0. The molecule has 3 aliphatic rings. The summed E-state index contributed by atoms with van der Waals surface area (Å²) < 4.78 is 4.97. The molecule has 1 aromatic heterocycles. The molecular weight excluding hydrogens is 370 g/mol. The summed E-state index contributed by atoms with van der Waals surface area (Å²) in [6.45, 7) is 3.21. The summed E-state index contributed by atoms with van der Waals surface area (Å²) in [5.41, 5.74) is 1.13. The van der Waals surface area contributed by atoms with E-state index in [0.717, 1.165) is 24.6 Å². The van der Waals surface area contributed by atoms with Gasteiger partial charge in [0.2, 0.25) is 11.9 Å². The van der Waals surface area contributed by atoms with Crippen molar-refractivity contribution in [3.63, 3.8) is 0 Å². The average Bonchev–Trinajstić information content (AvgIpc) is 3.44. The van der Waals surface area contributed by atoms with Crippen LogP contribution >= 0.6 is 0 Å². The summed E-state index contributed by atoms with van der Waals surface area (Å²) in [4.78, 5) is 39.4. The van der Waals surface area contributed by atoms with E-state index in [0.29, 0.717) is 31.5 Å². The van der Waals surface area contributed by atoms with Gasteiger partial charge in [0.25, 0.3) is 0 Å². The molecule has 150 valence electrons. The number of ether oxygens (including phenoxy) is 1. The summed E-state index contributed by atoms with van der Waals surface area (Å²) >= 11 is 0. The number of carbonyl (C=O) groups excluding carboxylic acids is 2. The summed E-state index contributed by atoms with van der Waals surface area (Å²) in [7, 11) is 0. The molecule has 3 atom stereocenters. The number of fused-ring (bicyclic) bond motifs is 1. The van der Waals surface area contributed by atoms with Crippen molar-refractivity contribution in [1.29, 1.82) is 0 Å². The summed E-state index contributed by atoms with van der Waals surface area (Å²) in [6, 6.07) is 12.0. The fraction of sp³-hybridized carbons (Fsp3) is 0.429. The number of aromatic nitrogens is 2. The first-order valence-corrected chi connectivity index (χ1v) is 9.99. The maximum absolute atomic E-state index is 13.2. The predicted molar refractivity (Wildman–Crippen MR) is 105 cm³/mol. The molecule has 8 nitrogen and oxygen atoms in total. The van der Waals surface area contributed by atoms with Gasteiger partial charge >= 0.3 is 6.09 Å². The molecule has 29 heavy (non-hydrogen) atoms. The van der Waals surface area contributed by atoms with Gasteiger partial charge in [-0.1, -0.05) is 30.3 Å². The first-order valence-electron chi connectivity index (χ1n) is 9.99. The van der Waals surface area contributed by atoms with Crippen LogP contribution in [0.25, 0.3) is 0 Å². The topological polar surface area (TPSA) is 78.9 Å². The van der Waals surface area contributed by atoms with Crippen LogP contribution in [0.4, 0.5) is 10.7 Å². The molecule has 4 heterocycles. The maximum atomic E-state index is 13.2.